The molecule has 0 radical (unpaired) electrons. The van der Waals surface area contributed by atoms with Gasteiger partial charge in [-0.05, 0) is 88.0 Å². The summed E-state index contributed by atoms with van der Waals surface area (Å²) in [6.45, 7) is 8.23. The summed E-state index contributed by atoms with van der Waals surface area (Å²) in [5.74, 6) is 0.497. The van der Waals surface area contributed by atoms with Crippen molar-refractivity contribution in [1.82, 2.24) is 9.71 Å². The van der Waals surface area contributed by atoms with Gasteiger partial charge in [-0.3, -0.25) is 0 Å². The molecule has 1 unspecified atom stereocenters. The van der Waals surface area contributed by atoms with Crippen LogP contribution in [-0.2, 0) is 32.2 Å². The molecule has 0 bridgehead atoms. The summed E-state index contributed by atoms with van der Waals surface area (Å²) in [6, 6.07) is 6.97. The molecule has 0 saturated carbocycles. The number of nitrogens with zero attached hydrogens (tertiary/aromatic N) is 1. The van der Waals surface area contributed by atoms with Crippen LogP contribution in [0, 0.1) is 0 Å². The second kappa shape index (κ2) is 10.3. The zero-order valence-electron chi connectivity index (χ0n) is 23.2. The third kappa shape index (κ3) is 6.00. The minimum Gasteiger partial charge on any atom is -0.474 e. The number of allylic oxidation sites excluding steroid dienone is 1. The molecule has 208 valence electrons. The van der Waals surface area contributed by atoms with Gasteiger partial charge in [-0.25, -0.2) is 22.9 Å². The molecule has 3 aliphatic rings. The third-order valence-electron chi connectivity index (χ3n) is 8.09. The molecule has 2 aliphatic carbocycles. The molecule has 1 aromatic carbocycles. The second-order valence-corrected chi connectivity index (χ2v) is 13.3. The Kier molecular flexibility index (Phi) is 7.28. The van der Waals surface area contributed by atoms with Gasteiger partial charge >= 0.3 is 13.1 Å². The van der Waals surface area contributed by atoms with Crippen LogP contribution in [0.5, 0.6) is 5.88 Å². The Hall–Kier alpha value is -2.89. The number of aromatic nitrogens is 1. The molecule has 1 saturated heterocycles. The van der Waals surface area contributed by atoms with Crippen LogP contribution in [0.2, 0.25) is 0 Å². The van der Waals surface area contributed by atoms with E-state index in [1.54, 1.807) is 6.20 Å². The van der Waals surface area contributed by atoms with Crippen LogP contribution in [0.15, 0.2) is 42.0 Å². The fraction of sp³-hybridized carbons (Fsp3) is 0.500. The van der Waals surface area contributed by atoms with Crippen molar-refractivity contribution in [1.29, 1.82) is 0 Å². The van der Waals surface area contributed by atoms with E-state index >= 15 is 0 Å². The number of amides is 2. The maximum absolute atomic E-state index is 12.5. The van der Waals surface area contributed by atoms with Crippen molar-refractivity contribution in [2.75, 3.05) is 11.6 Å². The molecule has 39 heavy (non-hydrogen) atoms. The number of sulfonamides is 1. The number of rotatable bonds is 6. The third-order valence-corrected chi connectivity index (χ3v) is 8.64. The van der Waals surface area contributed by atoms with Crippen LogP contribution in [0.4, 0.5) is 10.5 Å². The number of aryl methyl sites for hydroxylation is 1. The van der Waals surface area contributed by atoms with E-state index in [1.165, 1.54) is 0 Å². The highest BCUT2D eigenvalue weighted by Crippen LogP contribution is 2.41. The number of nitrogens with one attached hydrogen (secondary N) is 2. The van der Waals surface area contributed by atoms with Gasteiger partial charge in [0.2, 0.25) is 15.9 Å². The van der Waals surface area contributed by atoms with E-state index in [2.05, 4.69) is 50.1 Å². The van der Waals surface area contributed by atoms with E-state index in [1.807, 2.05) is 22.9 Å². The molecule has 11 heteroatoms. The first kappa shape index (κ1) is 27.7. The van der Waals surface area contributed by atoms with Crippen molar-refractivity contribution in [3.05, 3.63) is 53.1 Å². The quantitative estimate of drug-likeness (QED) is 0.494. The SMILES string of the molecule is CC1(C)OB(C2=CCC(Oc3cc(-c4ccc5c(c4NC(=O)NS(C)(=O)=O)CCC5)ccn3)CC2)OC1(C)C. The normalized spacial score (nSPS) is 21.7. The van der Waals surface area contributed by atoms with Crippen LogP contribution in [0.25, 0.3) is 11.1 Å². The first-order valence-corrected chi connectivity index (χ1v) is 15.3. The lowest BCUT2D eigenvalue weighted by molar-refractivity contribution is 0.00578. The van der Waals surface area contributed by atoms with Crippen molar-refractivity contribution in [3.8, 4) is 17.0 Å². The van der Waals surface area contributed by atoms with Crippen molar-refractivity contribution in [2.45, 2.75) is 83.5 Å². The number of hydrogen-bond donors (Lipinski definition) is 2. The molecular formula is C28H36BN3O6S. The average Bonchev–Trinajstić information content (AvgIpc) is 3.40. The fourth-order valence-corrected chi connectivity index (χ4v) is 5.70. The summed E-state index contributed by atoms with van der Waals surface area (Å²) in [5.41, 5.74) is 4.84. The van der Waals surface area contributed by atoms with Crippen LogP contribution in [0.1, 0.15) is 64.5 Å². The van der Waals surface area contributed by atoms with Crippen molar-refractivity contribution in [3.63, 3.8) is 0 Å². The lowest BCUT2D eigenvalue weighted by Crippen LogP contribution is -2.41. The number of pyridine rings is 1. The van der Waals surface area contributed by atoms with Gasteiger partial charge in [-0.1, -0.05) is 18.2 Å². The molecule has 0 spiro atoms. The van der Waals surface area contributed by atoms with E-state index in [-0.39, 0.29) is 24.4 Å². The van der Waals surface area contributed by atoms with Crippen molar-refractivity contribution in [2.24, 2.45) is 0 Å². The molecule has 2 aromatic rings. The molecule has 1 fully saturated rings. The lowest BCUT2D eigenvalue weighted by Gasteiger charge is -2.32. The summed E-state index contributed by atoms with van der Waals surface area (Å²) in [5, 5.41) is 2.79. The zero-order valence-corrected chi connectivity index (χ0v) is 24.0. The number of hydrogen-bond acceptors (Lipinski definition) is 7. The number of urea groups is 1. The predicted octanol–water partition coefficient (Wildman–Crippen LogP) is 4.81. The minimum absolute atomic E-state index is 0.0305. The smallest absolute Gasteiger partial charge is 0.474 e. The molecule has 5 rings (SSSR count). The molecule has 2 amide bonds. The zero-order chi connectivity index (χ0) is 28.0. The number of anilines is 1. The Morgan fingerprint density at radius 3 is 2.51 bits per heavy atom. The van der Waals surface area contributed by atoms with E-state index in [0.717, 1.165) is 72.5 Å². The summed E-state index contributed by atoms with van der Waals surface area (Å²) in [4.78, 5) is 16.9. The summed E-state index contributed by atoms with van der Waals surface area (Å²) >= 11 is 0. The Bertz CT molecular complexity index is 1410. The maximum atomic E-state index is 12.5. The number of ether oxygens (including phenoxy) is 1. The van der Waals surface area contributed by atoms with E-state index in [9.17, 15) is 13.2 Å². The van der Waals surface area contributed by atoms with Gasteiger partial charge in [0.1, 0.15) is 6.10 Å². The topological polar surface area (TPSA) is 116 Å². The van der Waals surface area contributed by atoms with Gasteiger partial charge in [0.05, 0.1) is 23.1 Å². The summed E-state index contributed by atoms with van der Waals surface area (Å²) in [6.07, 6.45) is 9.84. The van der Waals surface area contributed by atoms with Gasteiger partial charge in [0.25, 0.3) is 0 Å². The van der Waals surface area contributed by atoms with E-state index in [0.29, 0.717) is 11.6 Å². The highest BCUT2D eigenvalue weighted by molar-refractivity contribution is 7.89. The van der Waals surface area contributed by atoms with Crippen LogP contribution >= 0.6 is 0 Å². The van der Waals surface area contributed by atoms with Crippen LogP contribution in [0.3, 0.4) is 0 Å². The number of fused-ring (bicyclic) bond motifs is 1. The Labute approximate surface area is 230 Å². The van der Waals surface area contributed by atoms with Crippen LogP contribution < -0.4 is 14.8 Å². The first-order chi connectivity index (χ1) is 18.3. The van der Waals surface area contributed by atoms with Gasteiger partial charge < -0.3 is 19.4 Å². The average molecular weight is 553 g/mol. The van der Waals surface area contributed by atoms with Crippen molar-refractivity contribution >= 4 is 28.9 Å². The molecule has 9 nitrogen and oxygen atoms in total. The summed E-state index contributed by atoms with van der Waals surface area (Å²) in [7, 11) is -4.02. The van der Waals surface area contributed by atoms with Gasteiger partial charge in [0.15, 0.2) is 0 Å². The highest BCUT2D eigenvalue weighted by Gasteiger charge is 2.52. The summed E-state index contributed by atoms with van der Waals surface area (Å²) < 4.78 is 43.9. The largest absolute Gasteiger partial charge is 0.490 e. The molecule has 1 atom stereocenters. The second-order valence-electron chi connectivity index (χ2n) is 11.6. The number of carbonyl (C=O) groups is 1. The molecule has 1 aliphatic heterocycles. The molecule has 1 aromatic heterocycles. The highest BCUT2D eigenvalue weighted by atomic mass is 32.2. The Balaban J connectivity index is 1.32. The lowest BCUT2D eigenvalue weighted by atomic mass is 9.72. The van der Waals surface area contributed by atoms with Crippen LogP contribution in [-0.4, -0.2) is 50.1 Å². The Morgan fingerprint density at radius 2 is 1.85 bits per heavy atom. The van der Waals surface area contributed by atoms with Gasteiger partial charge in [0, 0.05) is 24.2 Å². The maximum Gasteiger partial charge on any atom is 0.490 e. The Morgan fingerprint density at radius 1 is 1.10 bits per heavy atom. The number of benzene rings is 1. The van der Waals surface area contributed by atoms with Gasteiger partial charge in [-0.2, -0.15) is 0 Å². The predicted molar refractivity (Wildman–Crippen MR) is 151 cm³/mol. The minimum atomic E-state index is -3.69. The van der Waals surface area contributed by atoms with E-state index in [4.69, 9.17) is 14.0 Å². The fourth-order valence-electron chi connectivity index (χ4n) is 5.32. The molecule has 2 N–H and O–H groups in total. The van der Waals surface area contributed by atoms with Gasteiger partial charge in [-0.15, -0.1) is 0 Å². The monoisotopic (exact) mass is 553 g/mol. The molecule has 2 heterocycles. The van der Waals surface area contributed by atoms with E-state index < -0.39 is 16.1 Å². The number of carbonyl (C=O) groups excluding carboxylic acids is 1. The first-order valence-electron chi connectivity index (χ1n) is 13.4. The van der Waals surface area contributed by atoms with Crippen molar-refractivity contribution < 1.29 is 27.3 Å². The molecular weight excluding hydrogens is 517 g/mol. The standard InChI is InChI=1S/C28H36BN3O6S/c1-27(2)28(3,4)38-29(37-27)20-10-12-21(13-11-20)36-24-17-19(15-16-30-24)23-14-9-18-7-6-8-22(18)25(23)31-26(33)32-39(5,34)35/h9-10,14-17,21H,6-8,11-13H2,1-5H3,(H2,31,32,33).